The highest BCUT2D eigenvalue weighted by Gasteiger charge is 2.42. The van der Waals surface area contributed by atoms with Gasteiger partial charge in [0, 0.05) is 60.9 Å². The summed E-state index contributed by atoms with van der Waals surface area (Å²) in [6.07, 6.45) is 7.05. The Labute approximate surface area is 267 Å². The highest BCUT2D eigenvalue weighted by atomic mass is 35.5. The van der Waals surface area contributed by atoms with Crippen molar-refractivity contribution >= 4 is 39.9 Å². The Morgan fingerprint density at radius 2 is 1.86 bits per heavy atom. The number of pyridine rings is 2. The van der Waals surface area contributed by atoms with Crippen LogP contribution >= 0.6 is 23.2 Å². The van der Waals surface area contributed by atoms with Crippen molar-refractivity contribution in [2.24, 2.45) is 0 Å². The standard InChI is InChI=1S/C32H35Cl2N7O3/c1-19(29-23(33)15-36-16-24(29)34)44-27-11-22-25(12-26(27)42-5)41(28-8-6-7-9-43-28)38-30(22)21-10-20(13-35)31(37-14-21)40-17-32(2,18-40)39(3)4/h10-12,14-16,19,28H,6-9,17-18H2,1-5H3/t19-,28?/m1/s1. The van der Waals surface area contributed by atoms with Gasteiger partial charge in [-0.3, -0.25) is 4.98 Å². The largest absolute Gasteiger partial charge is 0.493 e. The minimum atomic E-state index is -0.500. The first-order chi connectivity index (χ1) is 21.1. The van der Waals surface area contributed by atoms with Crippen molar-refractivity contribution in [3.05, 3.63) is 58.0 Å². The van der Waals surface area contributed by atoms with E-state index in [2.05, 4.69) is 41.9 Å². The van der Waals surface area contributed by atoms with Crippen LogP contribution in [-0.2, 0) is 4.74 Å². The van der Waals surface area contributed by atoms with Crippen LogP contribution in [0.3, 0.4) is 0 Å². The number of likely N-dealkylation sites (N-methyl/N-ethyl adjacent to an activating group) is 1. The van der Waals surface area contributed by atoms with E-state index < -0.39 is 6.10 Å². The molecule has 0 radical (unpaired) electrons. The summed E-state index contributed by atoms with van der Waals surface area (Å²) in [4.78, 5) is 13.2. The van der Waals surface area contributed by atoms with Crippen LogP contribution in [0.15, 0.2) is 36.8 Å². The molecular formula is C32H35Cl2N7O3. The van der Waals surface area contributed by atoms with Crippen molar-refractivity contribution in [2.75, 3.05) is 45.8 Å². The Morgan fingerprint density at radius 1 is 1.11 bits per heavy atom. The second-order valence-corrected chi connectivity index (χ2v) is 12.7. The molecule has 4 aromatic rings. The number of rotatable bonds is 8. The van der Waals surface area contributed by atoms with Crippen LogP contribution in [-0.4, -0.2) is 71.1 Å². The second kappa shape index (κ2) is 12.1. The van der Waals surface area contributed by atoms with E-state index >= 15 is 0 Å². The average Bonchev–Trinajstić information content (AvgIpc) is 3.37. The summed E-state index contributed by atoms with van der Waals surface area (Å²) in [6, 6.07) is 8.05. The minimum absolute atomic E-state index is 0.0410. The summed E-state index contributed by atoms with van der Waals surface area (Å²) < 4.78 is 20.3. The molecule has 6 rings (SSSR count). The van der Waals surface area contributed by atoms with E-state index in [1.807, 2.05) is 29.8 Å². The smallest absolute Gasteiger partial charge is 0.162 e. The van der Waals surface area contributed by atoms with Gasteiger partial charge in [-0.15, -0.1) is 0 Å². The molecule has 2 atom stereocenters. The molecule has 1 unspecified atom stereocenters. The fourth-order valence-electron chi connectivity index (χ4n) is 5.93. The van der Waals surface area contributed by atoms with Crippen molar-refractivity contribution < 1.29 is 14.2 Å². The van der Waals surface area contributed by atoms with Crippen LogP contribution < -0.4 is 14.4 Å². The molecule has 230 valence electrons. The van der Waals surface area contributed by atoms with Crippen molar-refractivity contribution in [2.45, 2.75) is 51.0 Å². The van der Waals surface area contributed by atoms with Crippen LogP contribution in [0.25, 0.3) is 22.2 Å². The highest BCUT2D eigenvalue weighted by Crippen LogP contribution is 2.42. The zero-order valence-electron chi connectivity index (χ0n) is 25.5. The monoisotopic (exact) mass is 635 g/mol. The van der Waals surface area contributed by atoms with E-state index in [1.165, 1.54) is 0 Å². The van der Waals surface area contributed by atoms with Gasteiger partial charge in [-0.2, -0.15) is 10.4 Å². The summed E-state index contributed by atoms with van der Waals surface area (Å²) in [5.74, 6) is 1.71. The van der Waals surface area contributed by atoms with Gasteiger partial charge in [0.2, 0.25) is 0 Å². The number of ether oxygens (including phenoxy) is 3. The second-order valence-electron chi connectivity index (χ2n) is 11.9. The summed E-state index contributed by atoms with van der Waals surface area (Å²) in [5.41, 5.74) is 3.40. The van der Waals surface area contributed by atoms with Gasteiger partial charge in [-0.05, 0) is 59.3 Å². The molecule has 2 saturated heterocycles. The predicted octanol–water partition coefficient (Wildman–Crippen LogP) is 6.66. The van der Waals surface area contributed by atoms with E-state index in [-0.39, 0.29) is 11.8 Å². The Hall–Kier alpha value is -3.62. The molecule has 1 aromatic carbocycles. The maximum Gasteiger partial charge on any atom is 0.162 e. The van der Waals surface area contributed by atoms with Crippen molar-refractivity contribution in [1.82, 2.24) is 24.6 Å². The normalized spacial score (nSPS) is 18.6. The Bertz CT molecular complexity index is 1720. The predicted molar refractivity (Wildman–Crippen MR) is 171 cm³/mol. The number of hydrogen-bond acceptors (Lipinski definition) is 9. The van der Waals surface area contributed by atoms with Crippen LogP contribution in [0.5, 0.6) is 11.5 Å². The third-order valence-electron chi connectivity index (χ3n) is 8.72. The first-order valence-corrected chi connectivity index (χ1v) is 15.4. The summed E-state index contributed by atoms with van der Waals surface area (Å²) in [7, 11) is 5.75. The minimum Gasteiger partial charge on any atom is -0.493 e. The molecule has 2 aliphatic rings. The van der Waals surface area contributed by atoms with Crippen LogP contribution in [0.4, 0.5) is 5.82 Å². The lowest BCUT2D eigenvalue weighted by Crippen LogP contribution is -2.67. The third-order valence-corrected chi connectivity index (χ3v) is 9.33. The first-order valence-electron chi connectivity index (χ1n) is 14.6. The van der Waals surface area contributed by atoms with Gasteiger partial charge in [0.15, 0.2) is 17.7 Å². The Balaban J connectivity index is 1.44. The molecule has 0 saturated carbocycles. The molecule has 3 aromatic heterocycles. The SMILES string of the molecule is COc1cc2c(cc1O[C@H](C)c1c(Cl)cncc1Cl)c(-c1cnc(N3CC(C)(N(C)C)C3)c(C#N)c1)nn2C1CCCCO1. The molecule has 0 spiro atoms. The molecule has 0 aliphatic carbocycles. The summed E-state index contributed by atoms with van der Waals surface area (Å²) >= 11 is 12.9. The van der Waals surface area contributed by atoms with Gasteiger partial charge in [0.1, 0.15) is 23.7 Å². The number of halogens is 2. The number of hydrogen-bond donors (Lipinski definition) is 0. The molecule has 10 nitrogen and oxygen atoms in total. The third kappa shape index (κ3) is 5.43. The summed E-state index contributed by atoms with van der Waals surface area (Å²) in [6.45, 7) is 6.34. The Kier molecular flexibility index (Phi) is 8.33. The number of aromatic nitrogens is 4. The highest BCUT2D eigenvalue weighted by molar-refractivity contribution is 6.35. The van der Waals surface area contributed by atoms with E-state index in [9.17, 15) is 5.26 Å². The molecule has 0 N–H and O–H groups in total. The van der Waals surface area contributed by atoms with Gasteiger partial charge >= 0.3 is 0 Å². The molecule has 44 heavy (non-hydrogen) atoms. The zero-order chi connectivity index (χ0) is 31.2. The van der Waals surface area contributed by atoms with Crippen molar-refractivity contribution in [3.63, 3.8) is 0 Å². The van der Waals surface area contributed by atoms with E-state index in [1.54, 1.807) is 25.7 Å². The molecule has 5 heterocycles. The number of fused-ring (bicyclic) bond motifs is 1. The first kappa shape index (κ1) is 30.4. The summed E-state index contributed by atoms with van der Waals surface area (Å²) in [5, 5.41) is 16.8. The van der Waals surface area contributed by atoms with E-state index in [4.69, 9.17) is 47.5 Å². The van der Waals surface area contributed by atoms with Crippen LogP contribution in [0.2, 0.25) is 10.0 Å². The molecule has 0 bridgehead atoms. The lowest BCUT2D eigenvalue weighted by Gasteiger charge is -2.52. The van der Waals surface area contributed by atoms with Gasteiger partial charge < -0.3 is 24.0 Å². The Morgan fingerprint density at radius 3 is 2.50 bits per heavy atom. The van der Waals surface area contributed by atoms with Crippen LogP contribution in [0, 0.1) is 11.3 Å². The number of nitriles is 1. The molecule has 2 aliphatic heterocycles. The number of nitrogens with zero attached hydrogens (tertiary/aromatic N) is 7. The lowest BCUT2D eigenvalue weighted by atomic mass is 9.90. The number of methoxy groups -OCH3 is 1. The zero-order valence-corrected chi connectivity index (χ0v) is 27.0. The fourth-order valence-corrected chi connectivity index (χ4v) is 6.61. The number of benzene rings is 1. The van der Waals surface area contributed by atoms with Gasteiger partial charge in [-0.1, -0.05) is 23.2 Å². The van der Waals surface area contributed by atoms with Gasteiger partial charge in [-0.25, -0.2) is 9.67 Å². The van der Waals surface area contributed by atoms with Crippen molar-refractivity contribution in [1.29, 1.82) is 5.26 Å². The van der Waals surface area contributed by atoms with Crippen LogP contribution in [0.1, 0.15) is 56.6 Å². The average molecular weight is 637 g/mol. The quantitative estimate of drug-likeness (QED) is 0.210. The van der Waals surface area contributed by atoms with Gasteiger partial charge in [0.25, 0.3) is 0 Å². The molecular weight excluding hydrogens is 601 g/mol. The molecule has 2 fully saturated rings. The molecule has 0 amide bonds. The van der Waals surface area contributed by atoms with E-state index in [0.29, 0.717) is 50.8 Å². The lowest BCUT2D eigenvalue weighted by molar-refractivity contribution is -0.0365. The molecule has 12 heteroatoms. The van der Waals surface area contributed by atoms with Crippen molar-refractivity contribution in [3.8, 4) is 28.8 Å². The maximum atomic E-state index is 10.1. The number of anilines is 1. The maximum absolute atomic E-state index is 10.1. The van der Waals surface area contributed by atoms with Gasteiger partial charge in [0.05, 0.1) is 33.8 Å². The topological polar surface area (TPSA) is 102 Å². The van der Waals surface area contributed by atoms with E-state index in [0.717, 1.165) is 48.8 Å². The fraction of sp³-hybridized carbons (Fsp3) is 0.438.